The number of hydrogen-bond acceptors (Lipinski definition) is 3. The summed E-state index contributed by atoms with van der Waals surface area (Å²) >= 11 is 0. The summed E-state index contributed by atoms with van der Waals surface area (Å²) in [5, 5.41) is 4.81. The van der Waals surface area contributed by atoms with E-state index in [4.69, 9.17) is 0 Å². The van der Waals surface area contributed by atoms with E-state index in [1.807, 2.05) is 36.4 Å². The molecule has 1 N–H and O–H groups in total. The van der Waals surface area contributed by atoms with Crippen molar-refractivity contribution < 1.29 is 9.18 Å². The van der Waals surface area contributed by atoms with E-state index in [-0.39, 0.29) is 11.2 Å². The highest BCUT2D eigenvalue weighted by Crippen LogP contribution is 2.23. The zero-order valence-corrected chi connectivity index (χ0v) is 17.2. The molecule has 0 atom stereocenters. The number of rotatable bonds is 3. The van der Waals surface area contributed by atoms with Crippen molar-refractivity contribution >= 4 is 33.3 Å². The Labute approximate surface area is 182 Å². The van der Waals surface area contributed by atoms with Crippen LogP contribution in [0.4, 0.5) is 10.1 Å². The van der Waals surface area contributed by atoms with E-state index in [9.17, 15) is 14.0 Å². The highest BCUT2D eigenvalue weighted by Gasteiger charge is 2.15. The van der Waals surface area contributed by atoms with Crippen molar-refractivity contribution in [3.63, 3.8) is 0 Å². The van der Waals surface area contributed by atoms with E-state index in [0.717, 1.165) is 10.8 Å². The maximum Gasteiger partial charge on any atom is 0.265 e. The number of nitrogens with zero attached hydrogens (tertiary/aromatic N) is 2. The van der Waals surface area contributed by atoms with Gasteiger partial charge in [0, 0.05) is 5.56 Å². The molecule has 0 aliphatic carbocycles. The predicted molar refractivity (Wildman–Crippen MR) is 124 cm³/mol. The highest BCUT2D eigenvalue weighted by atomic mass is 19.1. The first-order valence-electron chi connectivity index (χ1n) is 10.1. The first-order valence-corrected chi connectivity index (χ1v) is 10.1. The number of aromatic nitrogens is 2. The molecule has 0 saturated heterocycles. The van der Waals surface area contributed by atoms with Gasteiger partial charge < -0.3 is 5.32 Å². The van der Waals surface area contributed by atoms with Crippen molar-refractivity contribution in [2.45, 2.75) is 6.92 Å². The summed E-state index contributed by atoms with van der Waals surface area (Å²) in [4.78, 5) is 30.5. The van der Waals surface area contributed by atoms with Crippen molar-refractivity contribution in [3.05, 3.63) is 112 Å². The van der Waals surface area contributed by atoms with Crippen LogP contribution in [0.5, 0.6) is 0 Å². The van der Waals surface area contributed by atoms with Crippen LogP contribution in [0.15, 0.2) is 89.7 Å². The molecular weight excluding hydrogens is 405 g/mol. The lowest BCUT2D eigenvalue weighted by atomic mass is 10.0. The Kier molecular flexibility index (Phi) is 4.75. The minimum Gasteiger partial charge on any atom is -0.319 e. The summed E-state index contributed by atoms with van der Waals surface area (Å²) in [5.41, 5.74) is 1.18. The maximum atomic E-state index is 14.6. The second kappa shape index (κ2) is 7.74. The third-order valence-electron chi connectivity index (χ3n) is 5.43. The Morgan fingerprint density at radius 3 is 2.47 bits per heavy atom. The van der Waals surface area contributed by atoms with Gasteiger partial charge in [-0.05, 0) is 54.1 Å². The number of hydrogen-bond donors (Lipinski definition) is 1. The smallest absolute Gasteiger partial charge is 0.265 e. The van der Waals surface area contributed by atoms with Crippen LogP contribution in [0.3, 0.4) is 0 Å². The van der Waals surface area contributed by atoms with Crippen LogP contribution in [-0.4, -0.2) is 15.5 Å². The Morgan fingerprint density at radius 1 is 0.906 bits per heavy atom. The van der Waals surface area contributed by atoms with Gasteiger partial charge in [0.1, 0.15) is 11.6 Å². The molecular formula is C26H18FN3O2. The molecule has 0 radical (unpaired) electrons. The van der Waals surface area contributed by atoms with Crippen molar-refractivity contribution in [1.82, 2.24) is 9.55 Å². The lowest BCUT2D eigenvalue weighted by Crippen LogP contribution is -2.22. The van der Waals surface area contributed by atoms with E-state index in [0.29, 0.717) is 28.0 Å². The molecule has 0 aliphatic rings. The van der Waals surface area contributed by atoms with Gasteiger partial charge in [0.2, 0.25) is 0 Å². The van der Waals surface area contributed by atoms with E-state index < -0.39 is 11.7 Å². The number of halogens is 1. The van der Waals surface area contributed by atoms with Crippen LogP contribution < -0.4 is 10.9 Å². The van der Waals surface area contributed by atoms with E-state index in [1.54, 1.807) is 37.3 Å². The van der Waals surface area contributed by atoms with Gasteiger partial charge in [-0.15, -0.1) is 0 Å². The largest absolute Gasteiger partial charge is 0.319 e. The third-order valence-corrected chi connectivity index (χ3v) is 5.43. The Bertz CT molecular complexity index is 1570. The fourth-order valence-corrected chi connectivity index (χ4v) is 3.91. The maximum absolute atomic E-state index is 14.6. The first kappa shape index (κ1) is 19.6. The summed E-state index contributed by atoms with van der Waals surface area (Å²) in [6.45, 7) is 1.71. The molecule has 0 spiro atoms. The van der Waals surface area contributed by atoms with Gasteiger partial charge in [0.25, 0.3) is 11.5 Å². The van der Waals surface area contributed by atoms with Gasteiger partial charge in [-0.25, -0.2) is 9.37 Å². The molecule has 5 aromatic rings. The molecule has 0 unspecified atom stereocenters. The molecule has 156 valence electrons. The number of fused-ring (bicyclic) bond motifs is 2. The molecule has 1 amide bonds. The van der Waals surface area contributed by atoms with E-state index in [1.165, 1.54) is 22.8 Å². The van der Waals surface area contributed by atoms with Gasteiger partial charge >= 0.3 is 0 Å². The highest BCUT2D eigenvalue weighted by molar-refractivity contribution is 6.13. The molecule has 0 fully saturated rings. The molecule has 5 rings (SSSR count). The van der Waals surface area contributed by atoms with Crippen LogP contribution in [-0.2, 0) is 0 Å². The normalized spacial score (nSPS) is 11.1. The van der Waals surface area contributed by atoms with Gasteiger partial charge in [0.15, 0.2) is 0 Å². The quantitative estimate of drug-likeness (QED) is 0.432. The Balaban J connectivity index is 1.58. The van der Waals surface area contributed by atoms with Crippen molar-refractivity contribution in [2.75, 3.05) is 5.32 Å². The fourth-order valence-electron chi connectivity index (χ4n) is 3.91. The van der Waals surface area contributed by atoms with Gasteiger partial charge in [-0.3, -0.25) is 14.2 Å². The molecule has 4 aromatic carbocycles. The van der Waals surface area contributed by atoms with Crippen LogP contribution >= 0.6 is 0 Å². The zero-order valence-electron chi connectivity index (χ0n) is 17.2. The summed E-state index contributed by atoms with van der Waals surface area (Å²) < 4.78 is 16.0. The monoisotopic (exact) mass is 423 g/mol. The number of nitrogens with one attached hydrogen (secondary N) is 1. The fraction of sp³-hybridized carbons (Fsp3) is 0.0385. The molecule has 0 saturated carbocycles. The number of carbonyl (C=O) groups is 1. The second-order valence-electron chi connectivity index (χ2n) is 7.46. The van der Waals surface area contributed by atoms with Gasteiger partial charge in [-0.1, -0.05) is 48.5 Å². The number of carbonyl (C=O) groups excluding carboxylic acids is 1. The zero-order chi connectivity index (χ0) is 22.2. The first-order chi connectivity index (χ1) is 15.5. The summed E-state index contributed by atoms with van der Waals surface area (Å²) in [6.07, 6.45) is 0. The molecule has 1 aromatic heterocycles. The van der Waals surface area contributed by atoms with Crippen LogP contribution in [0.25, 0.3) is 27.4 Å². The number of amides is 1. The molecule has 1 heterocycles. The van der Waals surface area contributed by atoms with Crippen LogP contribution in [0, 0.1) is 12.7 Å². The van der Waals surface area contributed by atoms with Crippen LogP contribution in [0.1, 0.15) is 16.2 Å². The number of anilines is 1. The van der Waals surface area contributed by atoms with E-state index in [2.05, 4.69) is 10.3 Å². The van der Waals surface area contributed by atoms with Crippen molar-refractivity contribution in [2.24, 2.45) is 0 Å². The molecule has 5 nitrogen and oxygen atoms in total. The molecule has 6 heteroatoms. The molecule has 0 aliphatic heterocycles. The standard InChI is InChI=1S/C26H18FN3O2/c1-16-28-23-12-5-4-10-21(23)26(32)30(16)18-13-14-22(27)24(15-18)29-25(31)20-11-6-8-17-7-2-3-9-19(17)20/h2-15H,1H3,(H,29,31). The summed E-state index contributed by atoms with van der Waals surface area (Å²) in [6, 6.07) is 24.1. The number of para-hydroxylation sites is 1. The van der Waals surface area contributed by atoms with Gasteiger partial charge in [0.05, 0.1) is 22.3 Å². The minimum atomic E-state index is -0.596. The molecule has 32 heavy (non-hydrogen) atoms. The van der Waals surface area contributed by atoms with Crippen molar-refractivity contribution in [1.29, 1.82) is 0 Å². The third kappa shape index (κ3) is 3.32. The van der Waals surface area contributed by atoms with Crippen LogP contribution in [0.2, 0.25) is 0 Å². The molecule has 0 bridgehead atoms. The summed E-state index contributed by atoms with van der Waals surface area (Å²) in [7, 11) is 0. The minimum absolute atomic E-state index is 0.0140. The number of benzene rings is 4. The second-order valence-corrected chi connectivity index (χ2v) is 7.46. The SMILES string of the molecule is Cc1nc2ccccc2c(=O)n1-c1ccc(F)c(NC(=O)c2cccc3ccccc23)c1. The average molecular weight is 423 g/mol. The Morgan fingerprint density at radius 2 is 1.62 bits per heavy atom. The van der Waals surface area contributed by atoms with Gasteiger partial charge in [-0.2, -0.15) is 0 Å². The summed E-state index contributed by atoms with van der Waals surface area (Å²) in [5.74, 6) is -0.563. The average Bonchev–Trinajstić information content (AvgIpc) is 2.80. The van der Waals surface area contributed by atoms with Crippen molar-refractivity contribution in [3.8, 4) is 5.69 Å². The number of aryl methyl sites for hydroxylation is 1. The lowest BCUT2D eigenvalue weighted by Gasteiger charge is -2.14. The van der Waals surface area contributed by atoms with E-state index >= 15 is 0 Å². The lowest BCUT2D eigenvalue weighted by molar-refractivity contribution is 0.102. The predicted octanol–water partition coefficient (Wildman–Crippen LogP) is 5.24. The topological polar surface area (TPSA) is 64.0 Å². The Hall–Kier alpha value is -4.32.